The summed E-state index contributed by atoms with van der Waals surface area (Å²) in [7, 11) is -3.86. The van der Waals surface area contributed by atoms with Gasteiger partial charge in [-0.3, -0.25) is 8.94 Å². The van der Waals surface area contributed by atoms with Gasteiger partial charge in [0.15, 0.2) is 4.67 Å². The number of nitrogens with zero attached hydrogens (tertiary/aromatic N) is 3. The van der Waals surface area contributed by atoms with Crippen molar-refractivity contribution in [1.82, 2.24) is 8.94 Å². The molecule has 0 atom stereocenters. The van der Waals surface area contributed by atoms with Crippen molar-refractivity contribution in [2.24, 2.45) is 4.40 Å². The summed E-state index contributed by atoms with van der Waals surface area (Å²) >= 11 is 1.39. The number of pyridine rings is 1. The Morgan fingerprint density at radius 3 is 2.63 bits per heavy atom. The first-order valence-corrected chi connectivity index (χ1v) is 11.3. The number of sulfonamides is 1. The molecule has 0 spiro atoms. The Morgan fingerprint density at radius 1 is 1.19 bits per heavy atom. The molecule has 0 amide bonds. The van der Waals surface area contributed by atoms with Gasteiger partial charge in [-0.05, 0) is 57.3 Å². The lowest BCUT2D eigenvalue weighted by molar-refractivity contribution is 0.427. The van der Waals surface area contributed by atoms with Crippen molar-refractivity contribution >= 4 is 32.5 Å². The number of hydrogen-bond acceptors (Lipinski definition) is 4. The molecule has 3 rings (SSSR count). The number of fused-ring (bicyclic) bond motifs is 1. The van der Waals surface area contributed by atoms with E-state index in [2.05, 4.69) is 41.0 Å². The molecule has 144 valence electrons. The lowest BCUT2D eigenvalue weighted by atomic mass is 10.1. The third kappa shape index (κ3) is 4.30. The minimum Gasteiger partial charge on any atom is -0.298 e. The van der Waals surface area contributed by atoms with Crippen molar-refractivity contribution in [2.75, 3.05) is 0 Å². The molecule has 0 aliphatic rings. The van der Waals surface area contributed by atoms with E-state index in [0.29, 0.717) is 10.2 Å². The van der Waals surface area contributed by atoms with Gasteiger partial charge in [0.1, 0.15) is 4.90 Å². The SMILES string of the molecule is CCCCc1cn(C(C)(C)C)sc1=NS(=O)(=O)c1cccc2cccnc12. The Hall–Kier alpha value is -1.99. The van der Waals surface area contributed by atoms with Crippen LogP contribution in [0.25, 0.3) is 10.9 Å². The Bertz CT molecular complexity index is 1110. The highest BCUT2D eigenvalue weighted by molar-refractivity contribution is 7.90. The average Bonchev–Trinajstić information content (AvgIpc) is 3.01. The van der Waals surface area contributed by atoms with Crippen molar-refractivity contribution < 1.29 is 8.42 Å². The van der Waals surface area contributed by atoms with E-state index in [0.717, 1.165) is 30.2 Å². The van der Waals surface area contributed by atoms with E-state index in [1.807, 2.05) is 18.3 Å². The molecule has 7 heteroatoms. The molecule has 2 heterocycles. The van der Waals surface area contributed by atoms with Crippen LogP contribution in [0.1, 0.15) is 46.1 Å². The van der Waals surface area contributed by atoms with E-state index in [1.54, 1.807) is 24.4 Å². The van der Waals surface area contributed by atoms with Crippen LogP contribution in [-0.4, -0.2) is 17.4 Å². The van der Waals surface area contributed by atoms with Gasteiger partial charge >= 0.3 is 0 Å². The van der Waals surface area contributed by atoms with E-state index < -0.39 is 10.0 Å². The van der Waals surface area contributed by atoms with Crippen LogP contribution in [0.15, 0.2) is 52.0 Å². The maximum atomic E-state index is 13.1. The van der Waals surface area contributed by atoms with Crippen LogP contribution in [-0.2, 0) is 22.0 Å². The van der Waals surface area contributed by atoms with Gasteiger partial charge in [0.25, 0.3) is 10.0 Å². The number of aryl methyl sites for hydroxylation is 1. The maximum absolute atomic E-state index is 13.1. The maximum Gasteiger partial charge on any atom is 0.285 e. The number of rotatable bonds is 5. The number of para-hydroxylation sites is 1. The number of aromatic nitrogens is 2. The summed E-state index contributed by atoms with van der Waals surface area (Å²) in [6.07, 6.45) is 6.51. The minimum atomic E-state index is -3.86. The summed E-state index contributed by atoms with van der Waals surface area (Å²) in [5.74, 6) is 0. The predicted molar refractivity (Wildman–Crippen MR) is 110 cm³/mol. The van der Waals surface area contributed by atoms with Gasteiger partial charge in [-0.2, -0.15) is 8.42 Å². The molecule has 0 saturated heterocycles. The molecular weight excluding hydrogens is 378 g/mol. The molecule has 0 aliphatic heterocycles. The highest BCUT2D eigenvalue weighted by atomic mass is 32.2. The molecule has 0 aliphatic carbocycles. The van der Waals surface area contributed by atoms with Crippen LogP contribution >= 0.6 is 11.5 Å². The zero-order valence-electron chi connectivity index (χ0n) is 16.1. The second-order valence-electron chi connectivity index (χ2n) is 7.55. The summed E-state index contributed by atoms with van der Waals surface area (Å²) in [6, 6.07) is 8.81. The standard InChI is InChI=1S/C20H25N3O2S2/c1-5-6-9-16-14-23(20(2,3)4)26-19(16)22-27(24,25)17-12-7-10-15-11-8-13-21-18(15)17/h7-8,10-14H,5-6,9H2,1-4H3. The first-order chi connectivity index (χ1) is 12.7. The fraction of sp³-hybridized carbons (Fsp3) is 0.400. The lowest BCUT2D eigenvalue weighted by Gasteiger charge is -2.19. The molecule has 0 saturated carbocycles. The molecule has 3 aromatic rings. The van der Waals surface area contributed by atoms with E-state index in [9.17, 15) is 8.42 Å². The predicted octanol–water partition coefficient (Wildman–Crippen LogP) is 4.49. The fourth-order valence-corrected chi connectivity index (χ4v) is 5.20. The van der Waals surface area contributed by atoms with Gasteiger partial charge in [-0.25, -0.2) is 0 Å². The summed E-state index contributed by atoms with van der Waals surface area (Å²) in [4.78, 5) is 4.42. The van der Waals surface area contributed by atoms with E-state index in [1.165, 1.54) is 11.5 Å². The molecule has 0 unspecified atom stereocenters. The third-order valence-corrected chi connectivity index (χ3v) is 7.07. The zero-order valence-corrected chi connectivity index (χ0v) is 17.8. The lowest BCUT2D eigenvalue weighted by Crippen LogP contribution is -2.18. The summed E-state index contributed by atoms with van der Waals surface area (Å²) in [6.45, 7) is 8.42. The highest BCUT2D eigenvalue weighted by Gasteiger charge is 2.20. The summed E-state index contributed by atoms with van der Waals surface area (Å²) in [5, 5.41) is 0.788. The normalized spacial score (nSPS) is 13.4. The molecule has 0 N–H and O–H groups in total. The Morgan fingerprint density at radius 2 is 1.93 bits per heavy atom. The van der Waals surface area contributed by atoms with Crippen LogP contribution in [0.2, 0.25) is 0 Å². The second kappa shape index (κ2) is 7.56. The molecular formula is C20H25N3O2S2. The summed E-state index contributed by atoms with van der Waals surface area (Å²) in [5.41, 5.74) is 1.32. The van der Waals surface area contributed by atoms with Crippen LogP contribution in [0, 0.1) is 0 Å². The first-order valence-electron chi connectivity index (χ1n) is 9.09. The van der Waals surface area contributed by atoms with Crippen molar-refractivity contribution in [3.8, 4) is 0 Å². The number of unbranched alkanes of at least 4 members (excludes halogenated alkanes) is 1. The van der Waals surface area contributed by atoms with E-state index >= 15 is 0 Å². The molecule has 1 aromatic carbocycles. The third-order valence-electron chi connectivity index (χ3n) is 4.27. The van der Waals surface area contributed by atoms with Gasteiger partial charge in [0, 0.05) is 28.9 Å². The average molecular weight is 404 g/mol. The molecule has 27 heavy (non-hydrogen) atoms. The largest absolute Gasteiger partial charge is 0.298 e. The number of benzene rings is 1. The quantitative estimate of drug-likeness (QED) is 0.631. The van der Waals surface area contributed by atoms with Gasteiger partial charge in [-0.1, -0.05) is 31.5 Å². The van der Waals surface area contributed by atoms with Crippen LogP contribution < -0.4 is 4.67 Å². The topological polar surface area (TPSA) is 64.3 Å². The minimum absolute atomic E-state index is 0.121. The first kappa shape index (κ1) is 19.8. The fourth-order valence-electron chi connectivity index (χ4n) is 2.76. The molecule has 2 aromatic heterocycles. The highest BCUT2D eigenvalue weighted by Crippen LogP contribution is 2.23. The van der Waals surface area contributed by atoms with Crippen LogP contribution in [0.4, 0.5) is 0 Å². The van der Waals surface area contributed by atoms with Gasteiger partial charge in [0.2, 0.25) is 0 Å². The Kier molecular flexibility index (Phi) is 5.53. The van der Waals surface area contributed by atoms with Crippen LogP contribution in [0.3, 0.4) is 0 Å². The monoisotopic (exact) mass is 403 g/mol. The molecule has 0 radical (unpaired) electrons. The number of hydrogen-bond donors (Lipinski definition) is 0. The van der Waals surface area contributed by atoms with Gasteiger partial charge in [-0.15, -0.1) is 4.40 Å². The van der Waals surface area contributed by atoms with Gasteiger partial charge < -0.3 is 0 Å². The molecule has 0 fully saturated rings. The van der Waals surface area contributed by atoms with Crippen molar-refractivity contribution in [3.05, 3.63) is 53.0 Å². The zero-order chi connectivity index (χ0) is 19.7. The van der Waals surface area contributed by atoms with Crippen molar-refractivity contribution in [3.63, 3.8) is 0 Å². The second-order valence-corrected chi connectivity index (χ2v) is 10.1. The Balaban J connectivity index is 2.18. The molecule has 5 nitrogen and oxygen atoms in total. The summed E-state index contributed by atoms with van der Waals surface area (Å²) < 4.78 is 33.0. The Labute approximate surface area is 164 Å². The van der Waals surface area contributed by atoms with Crippen LogP contribution in [0.5, 0.6) is 0 Å². The van der Waals surface area contributed by atoms with E-state index in [-0.39, 0.29) is 10.4 Å². The molecule has 0 bridgehead atoms. The van der Waals surface area contributed by atoms with E-state index in [4.69, 9.17) is 0 Å². The van der Waals surface area contributed by atoms with Gasteiger partial charge in [0.05, 0.1) is 5.52 Å². The van der Waals surface area contributed by atoms with Crippen molar-refractivity contribution in [2.45, 2.75) is 57.4 Å². The van der Waals surface area contributed by atoms with Crippen molar-refractivity contribution in [1.29, 1.82) is 0 Å². The smallest absolute Gasteiger partial charge is 0.285 e.